The number of nitrogens with one attached hydrogen (secondary N) is 6. The van der Waals surface area contributed by atoms with Crippen LogP contribution >= 0.6 is 12.6 Å². The number of carbonyl (C=O) groups is 6. The fraction of sp³-hybridized carbons (Fsp3) is 0.409. The van der Waals surface area contributed by atoms with Crippen LogP contribution in [0.1, 0.15) is 49.3 Å². The fourth-order valence-corrected chi connectivity index (χ4v) is 7.62. The monoisotopic (exact) mass is 856 g/mol. The number of H-pyrrole nitrogens is 1. The second-order valence-corrected chi connectivity index (χ2v) is 15.8. The lowest BCUT2D eigenvalue weighted by Crippen LogP contribution is -2.63. The second kappa shape index (κ2) is 22.1. The molecule has 2 heterocycles. The summed E-state index contributed by atoms with van der Waals surface area (Å²) in [5, 5.41) is 35.4. The molecule has 3 aromatic carbocycles. The highest BCUT2D eigenvalue weighted by atomic mass is 32.1. The molecule has 17 heteroatoms. The number of para-hydroxylation sites is 1. The lowest BCUT2D eigenvalue weighted by molar-refractivity contribution is -0.143. The Kier molecular flexibility index (Phi) is 16.7. The second-order valence-electron chi connectivity index (χ2n) is 15.4. The first kappa shape index (κ1) is 46.2. The number of hydrogen-bond donors (Lipinski definition) is 10. The van der Waals surface area contributed by atoms with E-state index in [4.69, 9.17) is 5.73 Å². The molecule has 0 saturated carbocycles. The van der Waals surface area contributed by atoms with Gasteiger partial charge in [-0.2, -0.15) is 12.6 Å². The molecule has 0 bridgehead atoms. The number of aliphatic hydroxyl groups excluding tert-OH is 1. The average molecular weight is 857 g/mol. The number of nitrogens with zero attached hydrogens (tertiary/aromatic N) is 1. The van der Waals surface area contributed by atoms with Crippen molar-refractivity contribution in [2.45, 2.75) is 94.2 Å². The van der Waals surface area contributed by atoms with Gasteiger partial charge in [-0.15, -0.1) is 0 Å². The number of aromatic nitrogens is 1. The van der Waals surface area contributed by atoms with E-state index in [9.17, 15) is 39.0 Å². The van der Waals surface area contributed by atoms with Crippen molar-refractivity contribution in [2.75, 3.05) is 19.3 Å². The van der Waals surface area contributed by atoms with Crippen LogP contribution in [0.3, 0.4) is 0 Å². The number of hydrogen-bond acceptors (Lipinski definition) is 10. The minimum Gasteiger partial charge on any atom is -0.508 e. The number of phenols is 1. The van der Waals surface area contributed by atoms with Gasteiger partial charge in [0.2, 0.25) is 35.4 Å². The van der Waals surface area contributed by atoms with E-state index < -0.39 is 77.8 Å². The van der Waals surface area contributed by atoms with Gasteiger partial charge in [0, 0.05) is 43.4 Å². The van der Waals surface area contributed by atoms with E-state index in [1.165, 1.54) is 31.0 Å². The quantitative estimate of drug-likeness (QED) is 0.0680. The van der Waals surface area contributed by atoms with Crippen molar-refractivity contribution in [2.24, 2.45) is 5.73 Å². The summed E-state index contributed by atoms with van der Waals surface area (Å²) in [7, 11) is 1.41. The highest BCUT2D eigenvalue weighted by Crippen LogP contribution is 2.20. The van der Waals surface area contributed by atoms with Gasteiger partial charge in [0.05, 0.1) is 6.10 Å². The van der Waals surface area contributed by atoms with Crippen molar-refractivity contribution in [3.05, 3.63) is 102 Å². The van der Waals surface area contributed by atoms with Crippen LogP contribution in [-0.2, 0) is 48.0 Å². The van der Waals surface area contributed by atoms with E-state index in [0.717, 1.165) is 10.9 Å². The Labute approximate surface area is 360 Å². The van der Waals surface area contributed by atoms with Crippen LogP contribution in [-0.4, -0.2) is 117 Å². The summed E-state index contributed by atoms with van der Waals surface area (Å²) < 4.78 is 0. The first-order valence-electron chi connectivity index (χ1n) is 20.4. The van der Waals surface area contributed by atoms with Crippen molar-refractivity contribution in [1.82, 2.24) is 36.5 Å². The first-order valence-corrected chi connectivity index (χ1v) is 21.1. The number of amides is 6. The number of aromatic hydroxyl groups is 1. The molecular weight excluding hydrogens is 801 g/mol. The Morgan fingerprint density at radius 2 is 1.25 bits per heavy atom. The van der Waals surface area contributed by atoms with Crippen molar-refractivity contribution in [1.29, 1.82) is 0 Å². The Morgan fingerprint density at radius 3 is 1.92 bits per heavy atom. The molecule has 0 aliphatic carbocycles. The Balaban J connectivity index is 1.60. The number of likely N-dealkylation sites (N-methyl/N-ethyl adjacent to an activating group) is 1. The number of aromatic amines is 1. The molecule has 0 spiro atoms. The first-order chi connectivity index (χ1) is 29.3. The topological polar surface area (TPSA) is 248 Å². The number of thiol groups is 1. The molecule has 7 unspecified atom stereocenters. The number of aliphatic hydroxyl groups is 1. The van der Waals surface area contributed by atoms with Gasteiger partial charge in [-0.1, -0.05) is 60.7 Å². The zero-order valence-corrected chi connectivity index (χ0v) is 35.2. The Bertz CT molecular complexity index is 2130. The number of fused-ring (bicyclic) bond motifs is 1. The summed E-state index contributed by atoms with van der Waals surface area (Å²) in [5.74, 6) is -4.28. The number of carbonyl (C=O) groups excluding carboxylic acids is 6. The molecule has 0 radical (unpaired) electrons. The molecule has 1 aliphatic rings. The molecule has 1 saturated heterocycles. The summed E-state index contributed by atoms with van der Waals surface area (Å²) >= 11 is 4.37. The van der Waals surface area contributed by atoms with Crippen molar-refractivity contribution < 1.29 is 39.0 Å². The molecule has 7 atom stereocenters. The predicted octanol–water partition coefficient (Wildman–Crippen LogP) is 0.996. The summed E-state index contributed by atoms with van der Waals surface area (Å²) in [6.45, 7) is 1.63. The molecule has 10 N–H and O–H groups in total. The molecule has 16 nitrogen and oxygen atoms in total. The lowest BCUT2D eigenvalue weighted by atomic mass is 10.00. The van der Waals surface area contributed by atoms with Crippen LogP contribution in [0.2, 0.25) is 0 Å². The molecule has 61 heavy (non-hydrogen) atoms. The third-order valence-electron chi connectivity index (χ3n) is 10.8. The average Bonchev–Trinajstić information content (AvgIpc) is 3.66. The molecule has 1 aliphatic heterocycles. The van der Waals surface area contributed by atoms with Gasteiger partial charge in [-0.05, 0) is 79.8 Å². The molecule has 1 fully saturated rings. The minimum absolute atomic E-state index is 0.00615. The van der Waals surface area contributed by atoms with Crippen LogP contribution in [0.5, 0.6) is 5.75 Å². The maximum atomic E-state index is 14.5. The van der Waals surface area contributed by atoms with Gasteiger partial charge in [-0.25, -0.2) is 0 Å². The Morgan fingerprint density at radius 1 is 0.672 bits per heavy atom. The number of rotatable bonds is 13. The number of nitrogens with two attached hydrogens (primary N) is 1. The van der Waals surface area contributed by atoms with Gasteiger partial charge in [0.25, 0.3) is 0 Å². The molecular formula is C44H56N8O8S. The van der Waals surface area contributed by atoms with E-state index in [0.29, 0.717) is 36.1 Å². The SMILES string of the molecule is CC(O)C1NC(=O)C(CCCCN)NC(=O)C(Cc2c[nH]c3ccccc23)NC(=O)C(Cc2ccc(O)cc2)NC(=O)C(CCS)N(C)C(=O)C(Cc2ccccc2)NC1=O. The van der Waals surface area contributed by atoms with E-state index in [2.05, 4.69) is 44.2 Å². The van der Waals surface area contributed by atoms with Gasteiger partial charge in [-0.3, -0.25) is 28.8 Å². The summed E-state index contributed by atoms with van der Waals surface area (Å²) in [6, 6.07) is 14.5. The molecule has 6 amide bonds. The normalized spacial score (nSPS) is 22.9. The summed E-state index contributed by atoms with van der Waals surface area (Å²) in [4.78, 5) is 90.3. The standard InChI is InChI=1S/C44H56N8O8S/c1-26(53)38-43(59)50-36(23-27-10-4-3-5-11-27)44(60)52(2)37(19-21-61)42(58)49-34(22-28-15-17-30(54)18-16-28)40(56)48-35(24-29-25-46-32-13-7-6-12-31(29)32)41(57)47-33(39(55)51-38)14-8-9-20-45/h3-7,10-13,15-18,25-26,33-38,46,53-54,61H,8-9,14,19-24,45H2,1-2H3,(H,47,57)(H,48,56)(H,49,58)(H,50,59)(H,51,55). The van der Waals surface area contributed by atoms with Crippen LogP contribution in [0.25, 0.3) is 10.9 Å². The zero-order chi connectivity index (χ0) is 44.1. The van der Waals surface area contributed by atoms with Gasteiger partial charge in [0.1, 0.15) is 42.0 Å². The largest absolute Gasteiger partial charge is 0.508 e. The van der Waals surface area contributed by atoms with Crippen LogP contribution in [0.4, 0.5) is 0 Å². The van der Waals surface area contributed by atoms with E-state index in [-0.39, 0.29) is 43.6 Å². The van der Waals surface area contributed by atoms with E-state index >= 15 is 0 Å². The highest BCUT2D eigenvalue weighted by molar-refractivity contribution is 7.80. The van der Waals surface area contributed by atoms with E-state index in [1.807, 2.05) is 24.3 Å². The Hall–Kier alpha value is -5.91. The van der Waals surface area contributed by atoms with Crippen molar-refractivity contribution in [3.63, 3.8) is 0 Å². The molecule has 1 aromatic heterocycles. The number of phenolic OH excluding ortho intramolecular Hbond substituents is 1. The molecule has 326 valence electrons. The maximum Gasteiger partial charge on any atom is 0.245 e. The smallest absolute Gasteiger partial charge is 0.245 e. The van der Waals surface area contributed by atoms with Crippen LogP contribution < -0.4 is 32.3 Å². The van der Waals surface area contributed by atoms with Crippen molar-refractivity contribution >= 4 is 59.0 Å². The van der Waals surface area contributed by atoms with Crippen LogP contribution in [0.15, 0.2) is 85.1 Å². The van der Waals surface area contributed by atoms with Crippen LogP contribution in [0, 0.1) is 0 Å². The van der Waals surface area contributed by atoms with E-state index in [1.54, 1.807) is 48.7 Å². The number of benzene rings is 3. The zero-order valence-electron chi connectivity index (χ0n) is 34.3. The van der Waals surface area contributed by atoms with Crippen molar-refractivity contribution in [3.8, 4) is 5.75 Å². The predicted molar refractivity (Wildman–Crippen MR) is 233 cm³/mol. The molecule has 5 rings (SSSR count). The van der Waals surface area contributed by atoms with Gasteiger partial charge < -0.3 is 52.4 Å². The summed E-state index contributed by atoms with van der Waals surface area (Å²) in [6.07, 6.45) is 1.26. The third-order valence-corrected chi connectivity index (χ3v) is 11.1. The lowest BCUT2D eigenvalue weighted by Gasteiger charge is -2.33. The molecule has 4 aromatic rings. The van der Waals surface area contributed by atoms with Gasteiger partial charge in [0.15, 0.2) is 0 Å². The van der Waals surface area contributed by atoms with Gasteiger partial charge >= 0.3 is 0 Å². The third kappa shape index (κ3) is 12.6. The summed E-state index contributed by atoms with van der Waals surface area (Å²) in [5.41, 5.74) is 8.50. The number of unbranched alkanes of at least 4 members (excludes halogenated alkanes) is 1. The highest BCUT2D eigenvalue weighted by Gasteiger charge is 2.38. The fourth-order valence-electron chi connectivity index (χ4n) is 7.37. The maximum absolute atomic E-state index is 14.5. The minimum atomic E-state index is -1.56.